The van der Waals surface area contributed by atoms with E-state index in [9.17, 15) is 9.90 Å². The predicted molar refractivity (Wildman–Crippen MR) is 75.1 cm³/mol. The van der Waals surface area contributed by atoms with E-state index in [2.05, 4.69) is 10.3 Å². The highest BCUT2D eigenvalue weighted by Gasteiger charge is 2.43. The first-order valence-corrected chi connectivity index (χ1v) is 7.35. The summed E-state index contributed by atoms with van der Waals surface area (Å²) < 4.78 is 5.94. The highest BCUT2D eigenvalue weighted by Crippen LogP contribution is 2.37. The van der Waals surface area contributed by atoms with Crippen molar-refractivity contribution in [3.63, 3.8) is 0 Å². The number of carbonyl (C=O) groups is 1. The first-order valence-electron chi connectivity index (χ1n) is 6.47. The van der Waals surface area contributed by atoms with Crippen molar-refractivity contribution in [1.29, 1.82) is 0 Å². The Morgan fingerprint density at radius 2 is 2.37 bits per heavy atom. The molecular weight excluding hydrogens is 266 g/mol. The van der Waals surface area contributed by atoms with Gasteiger partial charge in [0.05, 0.1) is 12.2 Å². The van der Waals surface area contributed by atoms with Gasteiger partial charge in [0.15, 0.2) is 5.17 Å². The van der Waals surface area contributed by atoms with Gasteiger partial charge in [-0.05, 0) is 6.42 Å². The van der Waals surface area contributed by atoms with Crippen molar-refractivity contribution in [3.05, 3.63) is 0 Å². The van der Waals surface area contributed by atoms with Gasteiger partial charge in [-0.3, -0.25) is 9.79 Å². The maximum Gasteiger partial charge on any atom is 0.219 e. The number of nitrogens with one attached hydrogen (secondary N) is 1. The van der Waals surface area contributed by atoms with Gasteiger partial charge in [0.25, 0.3) is 0 Å². The fraction of sp³-hybridized carbons (Fsp3) is 0.833. The number of fused-ring (bicyclic) bond motifs is 1. The van der Waals surface area contributed by atoms with E-state index in [0.29, 0.717) is 19.3 Å². The number of amidine groups is 1. The number of ether oxygens (including phenoxy) is 1. The fourth-order valence-corrected chi connectivity index (χ4v) is 3.44. The van der Waals surface area contributed by atoms with Crippen molar-refractivity contribution >= 4 is 22.8 Å². The van der Waals surface area contributed by atoms with Crippen molar-refractivity contribution < 1.29 is 14.6 Å². The molecule has 1 amide bonds. The van der Waals surface area contributed by atoms with Crippen LogP contribution in [0.1, 0.15) is 19.3 Å². The predicted octanol–water partition coefficient (Wildman–Crippen LogP) is 0.0215. The second kappa shape index (κ2) is 6.11. The zero-order valence-corrected chi connectivity index (χ0v) is 12.3. The third kappa shape index (κ3) is 3.40. The first kappa shape index (κ1) is 14.6. The topological polar surface area (TPSA) is 74.2 Å². The Morgan fingerprint density at radius 1 is 1.63 bits per heavy atom. The molecular formula is C12H21N3O3S. The van der Waals surface area contributed by atoms with Crippen molar-refractivity contribution in [2.45, 2.75) is 42.9 Å². The largest absolute Gasteiger partial charge is 0.391 e. The Labute approximate surface area is 117 Å². The molecule has 0 bridgehead atoms. The van der Waals surface area contributed by atoms with Crippen LogP contribution in [-0.4, -0.2) is 65.9 Å². The third-order valence-electron chi connectivity index (χ3n) is 3.34. The third-order valence-corrected chi connectivity index (χ3v) is 4.64. The molecule has 4 atom stereocenters. The Bertz CT molecular complexity index is 375. The van der Waals surface area contributed by atoms with Gasteiger partial charge in [-0.1, -0.05) is 11.8 Å². The maximum absolute atomic E-state index is 11.2. The zero-order chi connectivity index (χ0) is 14.0. The molecule has 2 N–H and O–H groups in total. The summed E-state index contributed by atoms with van der Waals surface area (Å²) in [6.07, 6.45) is 1.05. The van der Waals surface area contributed by atoms with Gasteiger partial charge in [0.1, 0.15) is 11.5 Å². The van der Waals surface area contributed by atoms with Crippen molar-refractivity contribution in [3.8, 4) is 0 Å². The second-order valence-corrected chi connectivity index (χ2v) is 6.12. The smallest absolute Gasteiger partial charge is 0.219 e. The summed E-state index contributed by atoms with van der Waals surface area (Å²) in [5.41, 5.74) is -0.129. The van der Waals surface area contributed by atoms with E-state index >= 15 is 0 Å². The minimum absolute atomic E-state index is 0.00418. The Kier molecular flexibility index (Phi) is 4.70. The van der Waals surface area contributed by atoms with Crippen LogP contribution < -0.4 is 5.32 Å². The van der Waals surface area contributed by atoms with Crippen LogP contribution in [0.3, 0.4) is 0 Å². The summed E-state index contributed by atoms with van der Waals surface area (Å²) in [6, 6.07) is -0.182. The van der Waals surface area contributed by atoms with E-state index < -0.39 is 6.10 Å². The number of hydrogen-bond acceptors (Lipinski definition) is 6. The SMILES string of the molecule is CNC(=O)CC[C@@H]1C[C@H](O)[C@H]2N=C(N(C)C)S[C@H]2O1. The molecule has 0 aromatic rings. The fourth-order valence-electron chi connectivity index (χ4n) is 2.25. The lowest BCUT2D eigenvalue weighted by molar-refractivity contribution is -0.122. The van der Waals surface area contributed by atoms with Crippen LogP contribution in [0, 0.1) is 0 Å². The van der Waals surface area contributed by atoms with Crippen LogP contribution in [0.2, 0.25) is 0 Å². The molecule has 2 aliphatic rings. The van der Waals surface area contributed by atoms with Crippen LogP contribution >= 0.6 is 11.8 Å². The van der Waals surface area contributed by atoms with Gasteiger partial charge >= 0.3 is 0 Å². The summed E-state index contributed by atoms with van der Waals surface area (Å²) in [6.45, 7) is 0. The molecule has 108 valence electrons. The molecule has 2 heterocycles. The molecule has 7 heteroatoms. The van der Waals surface area contributed by atoms with Gasteiger partial charge in [0, 0.05) is 34.0 Å². The van der Waals surface area contributed by atoms with Crippen LogP contribution in [0.4, 0.5) is 0 Å². The minimum atomic E-state index is -0.488. The van der Waals surface area contributed by atoms with Crippen molar-refractivity contribution in [2.75, 3.05) is 21.1 Å². The highest BCUT2D eigenvalue weighted by molar-refractivity contribution is 8.14. The number of amides is 1. The summed E-state index contributed by atoms with van der Waals surface area (Å²) >= 11 is 1.54. The molecule has 0 spiro atoms. The van der Waals surface area contributed by atoms with Gasteiger partial charge in [-0.15, -0.1) is 0 Å². The number of aliphatic hydroxyl groups excluding tert-OH is 1. The standard InChI is InChI=1S/C12H21N3O3S/c1-13-9(17)5-4-7-6-8(16)10-11(18-7)19-12(14-10)15(2)3/h7-8,10-11,16H,4-6H2,1-3H3,(H,13,17)/t7-,8+,10-,11-/m1/s1. The van der Waals surface area contributed by atoms with Gasteiger partial charge < -0.3 is 20.1 Å². The normalized spacial score (nSPS) is 33.6. The Morgan fingerprint density at radius 3 is 3.00 bits per heavy atom. The van der Waals surface area contributed by atoms with E-state index in [1.807, 2.05) is 19.0 Å². The van der Waals surface area contributed by atoms with Crippen LogP contribution in [0.15, 0.2) is 4.99 Å². The van der Waals surface area contributed by atoms with Crippen LogP contribution in [-0.2, 0) is 9.53 Å². The van der Waals surface area contributed by atoms with E-state index in [1.165, 1.54) is 0 Å². The molecule has 1 fully saturated rings. The first-order chi connectivity index (χ1) is 9.01. The van der Waals surface area contributed by atoms with Crippen LogP contribution in [0.5, 0.6) is 0 Å². The van der Waals surface area contributed by atoms with E-state index in [1.54, 1.807) is 18.8 Å². The van der Waals surface area contributed by atoms with E-state index in [-0.39, 0.29) is 23.5 Å². The molecule has 0 radical (unpaired) electrons. The average molecular weight is 287 g/mol. The Balaban J connectivity index is 1.90. The van der Waals surface area contributed by atoms with Crippen molar-refractivity contribution in [1.82, 2.24) is 10.2 Å². The lowest BCUT2D eigenvalue weighted by atomic mass is 9.98. The minimum Gasteiger partial charge on any atom is -0.391 e. The molecule has 2 rings (SSSR count). The van der Waals surface area contributed by atoms with Gasteiger partial charge in [0.2, 0.25) is 5.91 Å². The molecule has 0 aromatic carbocycles. The maximum atomic E-state index is 11.2. The molecule has 0 aromatic heterocycles. The van der Waals surface area contributed by atoms with Crippen LogP contribution in [0.25, 0.3) is 0 Å². The highest BCUT2D eigenvalue weighted by atomic mass is 32.2. The average Bonchev–Trinajstić information content (AvgIpc) is 2.80. The molecule has 6 nitrogen and oxygen atoms in total. The number of thioether (sulfide) groups is 1. The monoisotopic (exact) mass is 287 g/mol. The molecule has 19 heavy (non-hydrogen) atoms. The second-order valence-electron chi connectivity index (χ2n) is 5.06. The van der Waals surface area contributed by atoms with E-state index in [4.69, 9.17) is 4.74 Å². The summed E-state index contributed by atoms with van der Waals surface area (Å²) in [5, 5.41) is 13.6. The lowest BCUT2D eigenvalue weighted by Crippen LogP contribution is -2.44. The quantitative estimate of drug-likeness (QED) is 0.765. The summed E-state index contributed by atoms with van der Waals surface area (Å²) in [4.78, 5) is 17.7. The molecule has 2 aliphatic heterocycles. The number of aliphatic hydroxyl groups is 1. The van der Waals surface area contributed by atoms with Crippen molar-refractivity contribution in [2.24, 2.45) is 4.99 Å². The summed E-state index contributed by atoms with van der Waals surface area (Å²) in [7, 11) is 5.48. The van der Waals surface area contributed by atoms with E-state index in [0.717, 1.165) is 5.17 Å². The zero-order valence-electron chi connectivity index (χ0n) is 11.5. The summed E-state index contributed by atoms with van der Waals surface area (Å²) in [5.74, 6) is 0.00418. The number of carbonyl (C=O) groups excluding carboxylic acids is 1. The number of hydrogen-bond donors (Lipinski definition) is 2. The molecule has 1 saturated heterocycles. The molecule has 0 aliphatic carbocycles. The number of nitrogens with zero attached hydrogens (tertiary/aromatic N) is 2. The number of rotatable bonds is 3. The molecule has 0 unspecified atom stereocenters. The Hall–Kier alpha value is -0.790. The van der Waals surface area contributed by atoms with Gasteiger partial charge in [-0.25, -0.2) is 0 Å². The molecule has 0 saturated carbocycles. The number of aliphatic imine (C=N–C) groups is 1. The van der Waals surface area contributed by atoms with Gasteiger partial charge in [-0.2, -0.15) is 0 Å². The lowest BCUT2D eigenvalue weighted by Gasteiger charge is -2.34.